The van der Waals surface area contributed by atoms with E-state index in [1.807, 2.05) is 18.2 Å². The molecule has 27 heavy (non-hydrogen) atoms. The van der Waals surface area contributed by atoms with Crippen LogP contribution in [0, 0.1) is 5.82 Å². The van der Waals surface area contributed by atoms with Crippen LogP contribution in [0.15, 0.2) is 88.4 Å². The number of anilines is 1. The molecule has 2 aromatic heterocycles. The van der Waals surface area contributed by atoms with E-state index in [0.29, 0.717) is 17.1 Å². The third-order valence-corrected chi connectivity index (χ3v) is 3.85. The number of benzene rings is 2. The molecule has 0 saturated carbocycles. The van der Waals surface area contributed by atoms with E-state index in [1.54, 1.807) is 48.7 Å². The van der Waals surface area contributed by atoms with Crippen LogP contribution in [-0.2, 0) is 0 Å². The fraction of sp³-hybridized carbons (Fsp3) is 0. The largest absolute Gasteiger partial charge is 0.438 e. The summed E-state index contributed by atoms with van der Waals surface area (Å²) in [5.41, 5.74) is 1.24. The molecule has 0 fully saturated rings. The molecule has 0 saturated heterocycles. The highest BCUT2D eigenvalue weighted by molar-refractivity contribution is 6.04. The van der Waals surface area contributed by atoms with E-state index in [0.717, 1.165) is 5.39 Å². The summed E-state index contributed by atoms with van der Waals surface area (Å²) >= 11 is 0. The molecular weight excluding hydrogens is 345 g/mol. The van der Waals surface area contributed by atoms with Crippen molar-refractivity contribution in [1.29, 1.82) is 0 Å². The molecule has 0 bridgehead atoms. The Morgan fingerprint density at radius 1 is 1.00 bits per heavy atom. The lowest BCUT2D eigenvalue weighted by atomic mass is 10.1. The van der Waals surface area contributed by atoms with Gasteiger partial charge in [-0.3, -0.25) is 4.79 Å². The molecular formula is C21H14FN3O2. The van der Waals surface area contributed by atoms with Crippen LogP contribution in [0.5, 0.6) is 0 Å². The highest BCUT2D eigenvalue weighted by Gasteiger charge is 2.13. The third kappa shape index (κ3) is 3.74. The van der Waals surface area contributed by atoms with Gasteiger partial charge in [0.15, 0.2) is 0 Å². The topological polar surface area (TPSA) is 67.5 Å². The van der Waals surface area contributed by atoms with Gasteiger partial charge in [-0.25, -0.2) is 14.4 Å². The SMILES string of the molecule is O=C(Nc1ccccn1)c1cc2ccccc2oc1=Nc1cccc(F)c1. The molecule has 1 amide bonds. The lowest BCUT2D eigenvalue weighted by Gasteiger charge is -2.06. The summed E-state index contributed by atoms with van der Waals surface area (Å²) in [7, 11) is 0. The highest BCUT2D eigenvalue weighted by Crippen LogP contribution is 2.16. The Bertz CT molecular complexity index is 1190. The Morgan fingerprint density at radius 2 is 1.85 bits per heavy atom. The van der Waals surface area contributed by atoms with E-state index in [4.69, 9.17) is 4.42 Å². The maximum absolute atomic E-state index is 13.5. The first-order valence-electron chi connectivity index (χ1n) is 8.25. The van der Waals surface area contributed by atoms with Crippen molar-refractivity contribution in [2.45, 2.75) is 0 Å². The minimum absolute atomic E-state index is 0.0905. The molecule has 0 aliphatic carbocycles. The van der Waals surface area contributed by atoms with Gasteiger partial charge in [-0.1, -0.05) is 30.3 Å². The van der Waals surface area contributed by atoms with Crippen LogP contribution in [0.4, 0.5) is 15.9 Å². The predicted molar refractivity (Wildman–Crippen MR) is 100 cm³/mol. The highest BCUT2D eigenvalue weighted by atomic mass is 19.1. The van der Waals surface area contributed by atoms with Crippen molar-refractivity contribution in [2.24, 2.45) is 4.99 Å². The van der Waals surface area contributed by atoms with Gasteiger partial charge in [0.25, 0.3) is 5.91 Å². The second-order valence-corrected chi connectivity index (χ2v) is 5.76. The van der Waals surface area contributed by atoms with E-state index in [1.165, 1.54) is 12.1 Å². The zero-order valence-electron chi connectivity index (χ0n) is 14.1. The first kappa shape index (κ1) is 16.7. The van der Waals surface area contributed by atoms with Crippen LogP contribution in [0.25, 0.3) is 11.0 Å². The van der Waals surface area contributed by atoms with Crippen LogP contribution >= 0.6 is 0 Å². The van der Waals surface area contributed by atoms with E-state index in [-0.39, 0.29) is 11.1 Å². The fourth-order valence-electron chi connectivity index (χ4n) is 2.60. The molecule has 0 unspecified atom stereocenters. The van der Waals surface area contributed by atoms with Gasteiger partial charge in [-0.15, -0.1) is 0 Å². The second kappa shape index (κ2) is 7.21. The number of nitrogens with zero attached hydrogens (tertiary/aromatic N) is 2. The monoisotopic (exact) mass is 359 g/mol. The van der Waals surface area contributed by atoms with Crippen molar-refractivity contribution in [2.75, 3.05) is 5.32 Å². The van der Waals surface area contributed by atoms with Crippen molar-refractivity contribution in [1.82, 2.24) is 4.98 Å². The Morgan fingerprint density at radius 3 is 2.67 bits per heavy atom. The van der Waals surface area contributed by atoms with Gasteiger partial charge in [0.05, 0.1) is 5.69 Å². The van der Waals surface area contributed by atoms with Gasteiger partial charge in [0.2, 0.25) is 5.55 Å². The van der Waals surface area contributed by atoms with Gasteiger partial charge in [-0.05, 0) is 42.5 Å². The Balaban J connectivity index is 1.85. The van der Waals surface area contributed by atoms with E-state index in [9.17, 15) is 9.18 Å². The summed E-state index contributed by atoms with van der Waals surface area (Å²) in [6, 6.07) is 20.0. The lowest BCUT2D eigenvalue weighted by Crippen LogP contribution is -2.22. The third-order valence-electron chi connectivity index (χ3n) is 3.85. The lowest BCUT2D eigenvalue weighted by molar-refractivity contribution is 0.102. The fourth-order valence-corrected chi connectivity index (χ4v) is 2.60. The summed E-state index contributed by atoms with van der Waals surface area (Å²) < 4.78 is 19.3. The van der Waals surface area contributed by atoms with Gasteiger partial charge >= 0.3 is 0 Å². The number of carbonyl (C=O) groups is 1. The van der Waals surface area contributed by atoms with Gasteiger partial charge in [0, 0.05) is 11.6 Å². The first-order valence-corrected chi connectivity index (χ1v) is 8.25. The van der Waals surface area contributed by atoms with Gasteiger partial charge < -0.3 is 9.73 Å². The number of amides is 1. The molecule has 0 aliphatic rings. The summed E-state index contributed by atoms with van der Waals surface area (Å²) in [5.74, 6) is -0.428. The first-order chi connectivity index (χ1) is 13.2. The molecule has 0 aliphatic heterocycles. The molecule has 0 spiro atoms. The van der Waals surface area contributed by atoms with Crippen LogP contribution in [-0.4, -0.2) is 10.9 Å². The van der Waals surface area contributed by atoms with Crippen molar-refractivity contribution in [3.8, 4) is 0 Å². The Hall–Kier alpha value is -3.80. The normalized spacial score (nSPS) is 11.5. The average molecular weight is 359 g/mol. The number of carbonyl (C=O) groups excluding carboxylic acids is 1. The minimum atomic E-state index is -0.420. The number of hydrogen-bond acceptors (Lipinski definition) is 4. The molecule has 6 heteroatoms. The quantitative estimate of drug-likeness (QED) is 0.587. The molecule has 4 aromatic rings. The number of pyridine rings is 1. The molecule has 2 heterocycles. The minimum Gasteiger partial charge on any atom is -0.438 e. The molecule has 1 N–H and O–H groups in total. The standard InChI is InChI=1S/C21H14FN3O2/c22-15-7-5-8-16(13-15)24-21-17(12-14-6-1-2-9-18(14)27-21)20(26)25-19-10-3-4-11-23-19/h1-13H,(H,23,25,26). The molecule has 0 atom stereocenters. The van der Waals surface area contributed by atoms with E-state index >= 15 is 0 Å². The number of para-hydroxylation sites is 1. The molecule has 132 valence electrons. The van der Waals surface area contributed by atoms with Crippen LogP contribution in [0.1, 0.15) is 10.4 Å². The zero-order valence-corrected chi connectivity index (χ0v) is 14.1. The Labute approximate surface area is 153 Å². The molecule has 4 rings (SSSR count). The maximum atomic E-state index is 13.5. The average Bonchev–Trinajstić information content (AvgIpc) is 2.68. The number of rotatable bonds is 3. The maximum Gasteiger partial charge on any atom is 0.262 e. The number of aromatic nitrogens is 1. The molecule has 0 radical (unpaired) electrons. The molecule has 2 aromatic carbocycles. The van der Waals surface area contributed by atoms with Gasteiger partial charge in [-0.2, -0.15) is 0 Å². The van der Waals surface area contributed by atoms with Crippen molar-refractivity contribution < 1.29 is 13.6 Å². The predicted octanol–water partition coefficient (Wildman–Crippen LogP) is 4.45. The number of nitrogens with one attached hydrogen (secondary N) is 1. The summed E-state index contributed by atoms with van der Waals surface area (Å²) in [4.78, 5) is 21.2. The smallest absolute Gasteiger partial charge is 0.262 e. The van der Waals surface area contributed by atoms with Crippen LogP contribution < -0.4 is 10.9 Å². The summed E-state index contributed by atoms with van der Waals surface area (Å²) in [5, 5.41) is 3.47. The van der Waals surface area contributed by atoms with Crippen LogP contribution in [0.2, 0.25) is 0 Å². The summed E-state index contributed by atoms with van der Waals surface area (Å²) in [6.07, 6.45) is 1.58. The van der Waals surface area contributed by atoms with Crippen molar-refractivity contribution in [3.05, 3.63) is 95.9 Å². The van der Waals surface area contributed by atoms with E-state index < -0.39 is 11.7 Å². The van der Waals surface area contributed by atoms with Crippen molar-refractivity contribution in [3.63, 3.8) is 0 Å². The summed E-state index contributed by atoms with van der Waals surface area (Å²) in [6.45, 7) is 0. The number of halogens is 1. The number of fused-ring (bicyclic) bond motifs is 1. The van der Waals surface area contributed by atoms with Crippen molar-refractivity contribution >= 4 is 28.4 Å². The Kier molecular flexibility index (Phi) is 4.45. The molecule has 5 nitrogen and oxygen atoms in total. The van der Waals surface area contributed by atoms with E-state index in [2.05, 4.69) is 15.3 Å². The number of hydrogen-bond donors (Lipinski definition) is 1. The zero-order chi connectivity index (χ0) is 18.6. The van der Waals surface area contributed by atoms with Crippen LogP contribution in [0.3, 0.4) is 0 Å². The second-order valence-electron chi connectivity index (χ2n) is 5.76. The van der Waals surface area contributed by atoms with Gasteiger partial charge in [0.1, 0.15) is 22.8 Å².